The van der Waals surface area contributed by atoms with Crippen molar-refractivity contribution in [1.82, 2.24) is 10.5 Å². The number of aryl methyl sites for hydroxylation is 2. The molecule has 0 bridgehead atoms. The first-order valence-electron chi connectivity index (χ1n) is 10.9. The highest BCUT2D eigenvalue weighted by Crippen LogP contribution is 2.37. The molecule has 0 radical (unpaired) electrons. The molecule has 1 fully saturated rings. The summed E-state index contributed by atoms with van der Waals surface area (Å²) in [6.07, 6.45) is 3.89. The number of benzene rings is 2. The van der Waals surface area contributed by atoms with Crippen LogP contribution in [-0.4, -0.2) is 30.3 Å². The summed E-state index contributed by atoms with van der Waals surface area (Å²) >= 11 is 0. The van der Waals surface area contributed by atoms with Crippen LogP contribution >= 0.6 is 0 Å². The van der Waals surface area contributed by atoms with E-state index in [4.69, 9.17) is 9.26 Å². The number of hydrogen-bond acceptors (Lipinski definition) is 5. The van der Waals surface area contributed by atoms with Crippen LogP contribution in [0.4, 0.5) is 5.69 Å². The van der Waals surface area contributed by atoms with Crippen molar-refractivity contribution in [3.63, 3.8) is 0 Å². The maximum atomic E-state index is 12.5. The van der Waals surface area contributed by atoms with Gasteiger partial charge in [0.25, 0.3) is 0 Å². The summed E-state index contributed by atoms with van der Waals surface area (Å²) < 4.78 is 11.6. The van der Waals surface area contributed by atoms with E-state index in [1.54, 1.807) is 0 Å². The number of nitrogens with zero attached hydrogens (tertiary/aromatic N) is 1. The maximum absolute atomic E-state index is 12.5. The van der Waals surface area contributed by atoms with Crippen molar-refractivity contribution >= 4 is 11.6 Å². The van der Waals surface area contributed by atoms with Gasteiger partial charge < -0.3 is 19.9 Å². The molecule has 0 aliphatic carbocycles. The molecule has 162 valence electrons. The third-order valence-corrected chi connectivity index (χ3v) is 5.63. The molecule has 1 aliphatic heterocycles. The molecular weight excluding hydrogens is 390 g/mol. The predicted octanol–water partition coefficient (Wildman–Crippen LogP) is 4.66. The Morgan fingerprint density at radius 3 is 2.74 bits per heavy atom. The highest BCUT2D eigenvalue weighted by molar-refractivity contribution is 5.93. The van der Waals surface area contributed by atoms with Crippen LogP contribution in [0.3, 0.4) is 0 Å². The van der Waals surface area contributed by atoms with Crippen LogP contribution in [-0.2, 0) is 11.2 Å². The molecule has 1 atom stereocenters. The van der Waals surface area contributed by atoms with Crippen LogP contribution in [0.1, 0.15) is 36.3 Å². The molecule has 3 aromatic rings. The smallest absolute Gasteiger partial charge is 0.228 e. The van der Waals surface area contributed by atoms with Crippen molar-refractivity contribution in [3.8, 4) is 16.9 Å². The molecule has 1 aromatic heterocycles. The topological polar surface area (TPSA) is 76.4 Å². The molecule has 1 amide bonds. The summed E-state index contributed by atoms with van der Waals surface area (Å²) in [7, 11) is 0. The Labute approximate surface area is 183 Å². The summed E-state index contributed by atoms with van der Waals surface area (Å²) in [6.45, 7) is 5.45. The lowest BCUT2D eigenvalue weighted by molar-refractivity contribution is -0.115. The van der Waals surface area contributed by atoms with E-state index >= 15 is 0 Å². The van der Waals surface area contributed by atoms with Crippen molar-refractivity contribution in [1.29, 1.82) is 0 Å². The second kappa shape index (κ2) is 9.79. The first kappa shape index (κ1) is 21.1. The number of amides is 1. The number of aromatic nitrogens is 1. The fourth-order valence-electron chi connectivity index (χ4n) is 4.04. The summed E-state index contributed by atoms with van der Waals surface area (Å²) in [5, 5.41) is 10.6. The highest BCUT2D eigenvalue weighted by Gasteiger charge is 2.19. The lowest BCUT2D eigenvalue weighted by Crippen LogP contribution is -2.38. The molecule has 2 aromatic carbocycles. The van der Waals surface area contributed by atoms with E-state index in [9.17, 15) is 4.79 Å². The zero-order valence-corrected chi connectivity index (χ0v) is 18.1. The van der Waals surface area contributed by atoms with E-state index in [2.05, 4.69) is 15.8 Å². The molecule has 1 saturated heterocycles. The number of carbonyl (C=O) groups excluding carboxylic acids is 1. The SMILES string of the molecule is Cc1noc(C)c1-c1cc(NC(=O)Cc2ccccc2)ccc1OCC1CCCCN1. The van der Waals surface area contributed by atoms with Gasteiger partial charge in [0.15, 0.2) is 0 Å². The van der Waals surface area contributed by atoms with Crippen molar-refractivity contribution in [3.05, 3.63) is 65.5 Å². The maximum Gasteiger partial charge on any atom is 0.228 e. The van der Waals surface area contributed by atoms with E-state index in [0.717, 1.165) is 52.5 Å². The Morgan fingerprint density at radius 2 is 2.03 bits per heavy atom. The summed E-state index contributed by atoms with van der Waals surface area (Å²) in [6, 6.07) is 15.8. The highest BCUT2D eigenvalue weighted by atomic mass is 16.5. The standard InChI is InChI=1S/C25H29N3O3/c1-17-25(18(2)31-28-17)22-15-20(27-24(29)14-19-8-4-3-5-9-19)11-12-23(22)30-16-21-10-6-7-13-26-21/h3-5,8-9,11-12,15,21,26H,6-7,10,13-14,16H2,1-2H3,(H,27,29). The van der Waals surface area contributed by atoms with E-state index in [0.29, 0.717) is 19.1 Å². The molecule has 2 heterocycles. The molecule has 6 nitrogen and oxygen atoms in total. The zero-order valence-electron chi connectivity index (χ0n) is 18.1. The third kappa shape index (κ3) is 5.33. The van der Waals surface area contributed by atoms with Gasteiger partial charge in [-0.15, -0.1) is 0 Å². The number of carbonyl (C=O) groups is 1. The van der Waals surface area contributed by atoms with Crippen LogP contribution in [0, 0.1) is 13.8 Å². The fourth-order valence-corrected chi connectivity index (χ4v) is 4.04. The number of anilines is 1. The van der Waals surface area contributed by atoms with Gasteiger partial charge in [-0.1, -0.05) is 41.9 Å². The molecular formula is C25H29N3O3. The summed E-state index contributed by atoms with van der Waals surface area (Å²) in [5.41, 5.74) is 4.28. The van der Waals surface area contributed by atoms with Crippen molar-refractivity contribution in [2.75, 3.05) is 18.5 Å². The van der Waals surface area contributed by atoms with E-state index in [-0.39, 0.29) is 5.91 Å². The van der Waals surface area contributed by atoms with Gasteiger partial charge in [-0.05, 0) is 57.0 Å². The molecule has 0 saturated carbocycles. The van der Waals surface area contributed by atoms with E-state index < -0.39 is 0 Å². The van der Waals surface area contributed by atoms with Crippen LogP contribution in [0.5, 0.6) is 5.75 Å². The lowest BCUT2D eigenvalue weighted by Gasteiger charge is -2.24. The largest absolute Gasteiger partial charge is 0.491 e. The predicted molar refractivity (Wildman–Crippen MR) is 121 cm³/mol. The minimum atomic E-state index is -0.0593. The third-order valence-electron chi connectivity index (χ3n) is 5.63. The van der Waals surface area contributed by atoms with Crippen molar-refractivity contribution in [2.45, 2.75) is 45.6 Å². The van der Waals surface area contributed by atoms with Gasteiger partial charge in [-0.2, -0.15) is 0 Å². The first-order chi connectivity index (χ1) is 15.1. The number of nitrogens with one attached hydrogen (secondary N) is 2. The van der Waals surface area contributed by atoms with Gasteiger partial charge in [-0.3, -0.25) is 4.79 Å². The Morgan fingerprint density at radius 1 is 1.19 bits per heavy atom. The molecule has 4 rings (SSSR count). The quantitative estimate of drug-likeness (QED) is 0.582. The van der Waals surface area contributed by atoms with Crippen LogP contribution in [0.25, 0.3) is 11.1 Å². The van der Waals surface area contributed by atoms with Gasteiger partial charge >= 0.3 is 0 Å². The summed E-state index contributed by atoms with van der Waals surface area (Å²) in [4.78, 5) is 12.5. The van der Waals surface area contributed by atoms with Gasteiger partial charge in [0.05, 0.1) is 17.7 Å². The number of rotatable bonds is 7. The minimum absolute atomic E-state index is 0.0593. The Hall–Kier alpha value is -3.12. The van der Waals surface area contributed by atoms with Crippen molar-refractivity contribution in [2.24, 2.45) is 0 Å². The summed E-state index contributed by atoms with van der Waals surface area (Å²) in [5.74, 6) is 1.43. The first-order valence-corrected chi connectivity index (χ1v) is 10.9. The van der Waals surface area contributed by atoms with Crippen LogP contribution < -0.4 is 15.4 Å². The number of ether oxygens (including phenoxy) is 1. The Kier molecular flexibility index (Phi) is 6.67. The monoisotopic (exact) mass is 419 g/mol. The number of hydrogen-bond donors (Lipinski definition) is 2. The average Bonchev–Trinajstić information content (AvgIpc) is 3.12. The average molecular weight is 420 g/mol. The molecule has 2 N–H and O–H groups in total. The lowest BCUT2D eigenvalue weighted by atomic mass is 10.0. The van der Waals surface area contributed by atoms with Crippen molar-refractivity contribution < 1.29 is 14.1 Å². The fraction of sp³-hybridized carbons (Fsp3) is 0.360. The van der Waals surface area contributed by atoms with Gasteiger partial charge in [0, 0.05) is 17.3 Å². The molecule has 31 heavy (non-hydrogen) atoms. The van der Waals surface area contributed by atoms with E-state index in [1.807, 2.05) is 62.4 Å². The Balaban J connectivity index is 1.55. The van der Waals surface area contributed by atoms with Crippen LogP contribution in [0.2, 0.25) is 0 Å². The zero-order chi connectivity index (χ0) is 21.6. The second-order valence-corrected chi connectivity index (χ2v) is 8.08. The second-order valence-electron chi connectivity index (χ2n) is 8.08. The molecule has 1 unspecified atom stereocenters. The molecule has 1 aliphatic rings. The van der Waals surface area contributed by atoms with Gasteiger partial charge in [0.2, 0.25) is 5.91 Å². The normalized spacial score (nSPS) is 16.1. The minimum Gasteiger partial charge on any atom is -0.491 e. The van der Waals surface area contributed by atoms with Gasteiger partial charge in [0.1, 0.15) is 18.1 Å². The Bertz CT molecular complexity index is 1000. The van der Waals surface area contributed by atoms with Gasteiger partial charge in [-0.25, -0.2) is 0 Å². The van der Waals surface area contributed by atoms with E-state index in [1.165, 1.54) is 12.8 Å². The molecule has 0 spiro atoms. The molecule has 6 heteroatoms. The van der Waals surface area contributed by atoms with Crippen LogP contribution in [0.15, 0.2) is 53.1 Å². The number of piperidine rings is 1.